The molecule has 1 aromatic heterocycles. The highest BCUT2D eigenvalue weighted by Crippen LogP contribution is 2.38. The fourth-order valence-corrected chi connectivity index (χ4v) is 4.51. The Balaban J connectivity index is 1.93. The molecule has 8 nitrogen and oxygen atoms in total. The fraction of sp³-hybridized carbons (Fsp3) is 0.500. The SMILES string of the molecule is COC1CCCC(c2nc(Cc3c(C)cc(OCC(=O)O)c(C)c3C)ccc2[N+](=O)[O-])C1. The zero-order chi connectivity index (χ0) is 23.4. The second-order valence-electron chi connectivity index (χ2n) is 8.46. The van der Waals surface area contributed by atoms with Crippen LogP contribution in [0.1, 0.15) is 65.2 Å². The van der Waals surface area contributed by atoms with Crippen molar-refractivity contribution in [1.82, 2.24) is 4.98 Å². The molecule has 32 heavy (non-hydrogen) atoms. The Kier molecular flexibility index (Phi) is 7.45. The van der Waals surface area contributed by atoms with Crippen LogP contribution in [0.3, 0.4) is 0 Å². The van der Waals surface area contributed by atoms with Crippen molar-refractivity contribution in [1.29, 1.82) is 0 Å². The van der Waals surface area contributed by atoms with E-state index in [0.29, 0.717) is 17.9 Å². The molecule has 2 aromatic rings. The number of methoxy groups -OCH3 is 1. The second kappa shape index (κ2) is 10.1. The molecule has 3 rings (SSSR count). The Morgan fingerprint density at radius 1 is 1.25 bits per heavy atom. The van der Waals surface area contributed by atoms with Crippen LogP contribution in [0.4, 0.5) is 5.69 Å². The molecule has 1 N–H and O–H groups in total. The number of hydrogen-bond acceptors (Lipinski definition) is 6. The van der Waals surface area contributed by atoms with E-state index in [1.807, 2.05) is 26.8 Å². The highest BCUT2D eigenvalue weighted by atomic mass is 16.6. The van der Waals surface area contributed by atoms with E-state index in [2.05, 4.69) is 0 Å². The van der Waals surface area contributed by atoms with Crippen LogP contribution in [-0.2, 0) is 16.0 Å². The van der Waals surface area contributed by atoms with Crippen molar-refractivity contribution in [3.8, 4) is 5.75 Å². The van der Waals surface area contributed by atoms with Gasteiger partial charge in [0.1, 0.15) is 11.4 Å². The number of benzene rings is 1. The Hall–Kier alpha value is -3.00. The number of hydrogen-bond donors (Lipinski definition) is 1. The number of nitro groups is 1. The zero-order valence-corrected chi connectivity index (χ0v) is 19.0. The Morgan fingerprint density at radius 3 is 2.66 bits per heavy atom. The quantitative estimate of drug-likeness (QED) is 0.468. The maximum absolute atomic E-state index is 11.7. The van der Waals surface area contributed by atoms with Gasteiger partial charge >= 0.3 is 5.97 Å². The summed E-state index contributed by atoms with van der Waals surface area (Å²) in [5, 5.41) is 20.6. The molecule has 0 spiro atoms. The van der Waals surface area contributed by atoms with Gasteiger partial charge in [0, 0.05) is 31.2 Å². The third-order valence-electron chi connectivity index (χ3n) is 6.42. The second-order valence-corrected chi connectivity index (χ2v) is 8.46. The lowest BCUT2D eigenvalue weighted by atomic mass is 9.84. The van der Waals surface area contributed by atoms with Crippen LogP contribution in [-0.4, -0.2) is 40.8 Å². The molecule has 172 valence electrons. The summed E-state index contributed by atoms with van der Waals surface area (Å²) in [6.07, 6.45) is 4.16. The van der Waals surface area contributed by atoms with Gasteiger partial charge in [-0.25, -0.2) is 4.79 Å². The Labute approximate surface area is 187 Å². The number of carboxylic acids is 1. The van der Waals surface area contributed by atoms with Gasteiger partial charge in [-0.1, -0.05) is 6.42 Å². The predicted molar refractivity (Wildman–Crippen MR) is 119 cm³/mol. The Morgan fingerprint density at radius 2 is 2.00 bits per heavy atom. The maximum Gasteiger partial charge on any atom is 0.341 e. The number of rotatable bonds is 8. The standard InChI is InChI=1S/C24H30N2O6/c1-14-10-22(32-13-23(27)28)16(3)15(2)20(14)12-18-8-9-21(26(29)30)24(25-18)17-6-5-7-19(11-17)31-4/h8-10,17,19H,5-7,11-13H2,1-4H3,(H,27,28). The molecule has 1 heterocycles. The van der Waals surface area contributed by atoms with Crippen molar-refractivity contribution in [3.63, 3.8) is 0 Å². The van der Waals surface area contributed by atoms with Gasteiger partial charge in [0.05, 0.1) is 11.0 Å². The van der Waals surface area contributed by atoms with Crippen LogP contribution in [0.5, 0.6) is 5.75 Å². The molecule has 1 saturated carbocycles. The monoisotopic (exact) mass is 442 g/mol. The largest absolute Gasteiger partial charge is 0.482 e. The first kappa shape index (κ1) is 23.7. The highest BCUT2D eigenvalue weighted by Gasteiger charge is 2.30. The maximum atomic E-state index is 11.7. The summed E-state index contributed by atoms with van der Waals surface area (Å²) in [7, 11) is 1.68. The minimum Gasteiger partial charge on any atom is -0.482 e. The molecule has 0 aliphatic heterocycles. The molecule has 8 heteroatoms. The molecule has 1 aliphatic rings. The minimum atomic E-state index is -1.02. The lowest BCUT2D eigenvalue weighted by Crippen LogP contribution is -2.22. The van der Waals surface area contributed by atoms with E-state index >= 15 is 0 Å². The minimum absolute atomic E-state index is 0.00442. The first-order chi connectivity index (χ1) is 15.2. The van der Waals surface area contributed by atoms with E-state index < -0.39 is 12.6 Å². The van der Waals surface area contributed by atoms with Crippen molar-refractivity contribution in [2.75, 3.05) is 13.7 Å². The van der Waals surface area contributed by atoms with Gasteiger partial charge in [0.25, 0.3) is 5.69 Å². The zero-order valence-electron chi connectivity index (χ0n) is 19.0. The van der Waals surface area contributed by atoms with E-state index in [1.54, 1.807) is 19.2 Å². The summed E-state index contributed by atoms with van der Waals surface area (Å²) in [6, 6.07) is 5.13. The molecule has 1 aliphatic carbocycles. The van der Waals surface area contributed by atoms with Crippen molar-refractivity contribution >= 4 is 11.7 Å². The van der Waals surface area contributed by atoms with Crippen LogP contribution < -0.4 is 4.74 Å². The molecule has 0 bridgehead atoms. The van der Waals surface area contributed by atoms with E-state index in [1.165, 1.54) is 0 Å². The normalized spacial score (nSPS) is 18.4. The number of carbonyl (C=O) groups is 1. The average Bonchev–Trinajstić information content (AvgIpc) is 2.77. The summed E-state index contributed by atoms with van der Waals surface area (Å²) >= 11 is 0. The number of pyridine rings is 1. The van der Waals surface area contributed by atoms with Crippen LogP contribution in [0, 0.1) is 30.9 Å². The molecule has 2 unspecified atom stereocenters. The van der Waals surface area contributed by atoms with Gasteiger partial charge in [0.15, 0.2) is 6.61 Å². The van der Waals surface area contributed by atoms with Crippen LogP contribution in [0.2, 0.25) is 0 Å². The first-order valence-corrected chi connectivity index (χ1v) is 10.8. The summed E-state index contributed by atoms with van der Waals surface area (Å²) in [5.74, 6) is -0.467. The molecule has 2 atom stereocenters. The van der Waals surface area contributed by atoms with E-state index in [4.69, 9.17) is 19.6 Å². The van der Waals surface area contributed by atoms with Gasteiger partial charge in [0.2, 0.25) is 0 Å². The molecule has 0 radical (unpaired) electrons. The van der Waals surface area contributed by atoms with Gasteiger partial charge in [-0.05, 0) is 74.4 Å². The first-order valence-electron chi connectivity index (χ1n) is 10.8. The Bertz CT molecular complexity index is 1020. The average molecular weight is 443 g/mol. The molecule has 0 saturated heterocycles. The molecular formula is C24H30N2O6. The lowest BCUT2D eigenvalue weighted by molar-refractivity contribution is -0.386. The summed E-state index contributed by atoms with van der Waals surface area (Å²) < 4.78 is 10.9. The molecular weight excluding hydrogens is 412 g/mol. The number of aliphatic carboxylic acids is 1. The smallest absolute Gasteiger partial charge is 0.341 e. The number of aromatic nitrogens is 1. The van der Waals surface area contributed by atoms with Crippen LogP contribution >= 0.6 is 0 Å². The summed E-state index contributed by atoms with van der Waals surface area (Å²) in [4.78, 5) is 26.9. The number of nitrogens with zero attached hydrogens (tertiary/aromatic N) is 2. The number of aryl methyl sites for hydroxylation is 1. The van der Waals surface area contributed by atoms with Gasteiger partial charge in [-0.3, -0.25) is 15.1 Å². The summed E-state index contributed by atoms with van der Waals surface area (Å²) in [6.45, 7) is 5.43. The predicted octanol–water partition coefficient (Wildman–Crippen LogP) is 4.64. The third-order valence-corrected chi connectivity index (χ3v) is 6.42. The van der Waals surface area contributed by atoms with E-state index in [-0.39, 0.29) is 22.6 Å². The van der Waals surface area contributed by atoms with Crippen molar-refractivity contribution < 1.29 is 24.3 Å². The van der Waals surface area contributed by atoms with E-state index in [0.717, 1.165) is 53.6 Å². The van der Waals surface area contributed by atoms with Crippen molar-refractivity contribution in [2.45, 2.75) is 64.9 Å². The number of carboxylic acid groups (broad SMARTS) is 1. The topological polar surface area (TPSA) is 112 Å². The summed E-state index contributed by atoms with van der Waals surface area (Å²) in [5.41, 5.74) is 5.30. The van der Waals surface area contributed by atoms with E-state index in [9.17, 15) is 14.9 Å². The van der Waals surface area contributed by atoms with Gasteiger partial charge < -0.3 is 14.6 Å². The molecule has 1 aromatic carbocycles. The molecule has 1 fully saturated rings. The lowest BCUT2D eigenvalue weighted by Gasteiger charge is -2.27. The third kappa shape index (κ3) is 5.24. The van der Waals surface area contributed by atoms with Crippen molar-refractivity contribution in [3.05, 3.63) is 62.0 Å². The van der Waals surface area contributed by atoms with Crippen LogP contribution in [0.25, 0.3) is 0 Å². The van der Waals surface area contributed by atoms with Gasteiger partial charge in [-0.2, -0.15) is 0 Å². The van der Waals surface area contributed by atoms with Crippen molar-refractivity contribution in [2.24, 2.45) is 0 Å². The number of ether oxygens (including phenoxy) is 2. The highest BCUT2D eigenvalue weighted by molar-refractivity contribution is 5.68. The van der Waals surface area contributed by atoms with Gasteiger partial charge in [-0.15, -0.1) is 0 Å². The molecule has 0 amide bonds. The van der Waals surface area contributed by atoms with Crippen LogP contribution in [0.15, 0.2) is 18.2 Å². The fourth-order valence-electron chi connectivity index (χ4n) is 4.51.